The molecule has 1 saturated carbocycles. The Morgan fingerprint density at radius 1 is 1.56 bits per heavy atom. The van der Waals surface area contributed by atoms with Gasteiger partial charge in [0.2, 0.25) is 0 Å². The van der Waals surface area contributed by atoms with Crippen molar-refractivity contribution in [2.75, 3.05) is 18.0 Å². The van der Waals surface area contributed by atoms with Crippen LogP contribution in [0.3, 0.4) is 0 Å². The Morgan fingerprint density at radius 2 is 2.31 bits per heavy atom. The molecule has 0 spiro atoms. The number of carboxylic acids is 1. The third-order valence-corrected chi connectivity index (χ3v) is 4.33. The van der Waals surface area contributed by atoms with Crippen LogP contribution >= 0.6 is 11.3 Å². The van der Waals surface area contributed by atoms with E-state index in [1.807, 2.05) is 6.07 Å². The van der Waals surface area contributed by atoms with Gasteiger partial charge in [0, 0.05) is 13.1 Å². The van der Waals surface area contributed by atoms with Crippen molar-refractivity contribution in [3.8, 4) is 0 Å². The quantitative estimate of drug-likeness (QED) is 0.858. The zero-order valence-electron chi connectivity index (χ0n) is 9.48. The van der Waals surface area contributed by atoms with Crippen molar-refractivity contribution in [1.82, 2.24) is 0 Å². The number of aromatic carboxylic acids is 1. The van der Waals surface area contributed by atoms with Gasteiger partial charge in [-0.05, 0) is 37.8 Å². The normalized spacial score (nSPS) is 15.8. The monoisotopic (exact) mass is 239 g/mol. The van der Waals surface area contributed by atoms with Gasteiger partial charge in [0.25, 0.3) is 0 Å². The van der Waals surface area contributed by atoms with Gasteiger partial charge in [0.1, 0.15) is 4.88 Å². The van der Waals surface area contributed by atoms with Gasteiger partial charge in [-0.2, -0.15) is 0 Å². The van der Waals surface area contributed by atoms with Crippen LogP contribution in [0.2, 0.25) is 0 Å². The standard InChI is InChI=1S/C12H17NO2S/c1-2-13(8-9-4-3-5-9)11-7-6-10(16-11)12(14)15/h6-7,9H,2-5,8H2,1H3,(H,14,15). The minimum absolute atomic E-state index is 0.432. The molecule has 0 radical (unpaired) electrons. The maximum Gasteiger partial charge on any atom is 0.345 e. The highest BCUT2D eigenvalue weighted by atomic mass is 32.1. The average molecular weight is 239 g/mol. The van der Waals surface area contributed by atoms with Crippen molar-refractivity contribution in [2.24, 2.45) is 5.92 Å². The molecule has 1 aliphatic rings. The highest BCUT2D eigenvalue weighted by Crippen LogP contribution is 2.31. The van der Waals surface area contributed by atoms with Gasteiger partial charge in [0.15, 0.2) is 0 Å². The predicted molar refractivity (Wildman–Crippen MR) is 66.5 cm³/mol. The molecule has 0 amide bonds. The van der Waals surface area contributed by atoms with Crippen LogP contribution in [-0.2, 0) is 0 Å². The van der Waals surface area contributed by atoms with E-state index in [0.717, 1.165) is 24.0 Å². The molecule has 0 aromatic carbocycles. The highest BCUT2D eigenvalue weighted by molar-refractivity contribution is 7.17. The second-order valence-corrected chi connectivity index (χ2v) is 5.34. The number of hydrogen-bond acceptors (Lipinski definition) is 3. The van der Waals surface area contributed by atoms with Crippen molar-refractivity contribution < 1.29 is 9.90 Å². The summed E-state index contributed by atoms with van der Waals surface area (Å²) in [6, 6.07) is 3.63. The second-order valence-electron chi connectivity index (χ2n) is 4.28. The molecule has 88 valence electrons. The first-order chi connectivity index (χ1) is 7.70. The molecular formula is C12H17NO2S. The van der Waals surface area contributed by atoms with E-state index in [9.17, 15) is 4.79 Å². The predicted octanol–water partition coefficient (Wildman–Crippen LogP) is 3.07. The molecule has 2 rings (SSSR count). The molecule has 1 fully saturated rings. The van der Waals surface area contributed by atoms with Crippen LogP contribution in [-0.4, -0.2) is 24.2 Å². The van der Waals surface area contributed by atoms with Gasteiger partial charge in [0.05, 0.1) is 5.00 Å². The number of carbonyl (C=O) groups is 1. The molecule has 0 saturated heterocycles. The van der Waals surface area contributed by atoms with E-state index < -0.39 is 5.97 Å². The lowest BCUT2D eigenvalue weighted by Crippen LogP contribution is -2.31. The van der Waals surface area contributed by atoms with Crippen LogP contribution < -0.4 is 4.90 Å². The fraction of sp³-hybridized carbons (Fsp3) is 0.583. The lowest BCUT2D eigenvalue weighted by molar-refractivity contribution is 0.0702. The molecule has 1 N–H and O–H groups in total. The fourth-order valence-electron chi connectivity index (χ4n) is 1.97. The molecule has 16 heavy (non-hydrogen) atoms. The smallest absolute Gasteiger partial charge is 0.345 e. The number of anilines is 1. The molecule has 0 aliphatic heterocycles. The summed E-state index contributed by atoms with van der Waals surface area (Å²) in [6.45, 7) is 4.16. The SMILES string of the molecule is CCN(CC1CCC1)c1ccc(C(=O)O)s1. The number of rotatable bonds is 5. The third kappa shape index (κ3) is 2.38. The van der Waals surface area contributed by atoms with Gasteiger partial charge < -0.3 is 10.0 Å². The molecule has 0 atom stereocenters. The van der Waals surface area contributed by atoms with E-state index in [-0.39, 0.29) is 0 Å². The highest BCUT2D eigenvalue weighted by Gasteiger charge is 2.21. The van der Waals surface area contributed by atoms with Crippen LogP contribution in [0.5, 0.6) is 0 Å². The first-order valence-electron chi connectivity index (χ1n) is 5.78. The Bertz CT molecular complexity index is 371. The average Bonchev–Trinajstić information content (AvgIpc) is 2.65. The van der Waals surface area contributed by atoms with Crippen molar-refractivity contribution in [3.63, 3.8) is 0 Å². The number of carboxylic acid groups (broad SMARTS) is 1. The Balaban J connectivity index is 2.03. The minimum atomic E-state index is -0.823. The number of thiophene rings is 1. The van der Waals surface area contributed by atoms with Gasteiger partial charge in [-0.1, -0.05) is 6.42 Å². The minimum Gasteiger partial charge on any atom is -0.477 e. The molecule has 0 unspecified atom stereocenters. The van der Waals surface area contributed by atoms with E-state index in [1.165, 1.54) is 30.6 Å². The third-order valence-electron chi connectivity index (χ3n) is 3.20. The summed E-state index contributed by atoms with van der Waals surface area (Å²) >= 11 is 1.38. The maximum atomic E-state index is 10.8. The summed E-state index contributed by atoms with van der Waals surface area (Å²) in [5.41, 5.74) is 0. The second kappa shape index (κ2) is 4.87. The number of hydrogen-bond donors (Lipinski definition) is 1. The van der Waals surface area contributed by atoms with Crippen LogP contribution in [0.25, 0.3) is 0 Å². The molecule has 1 heterocycles. The van der Waals surface area contributed by atoms with Crippen LogP contribution in [0.15, 0.2) is 12.1 Å². The van der Waals surface area contributed by atoms with Crippen LogP contribution in [0, 0.1) is 5.92 Å². The summed E-state index contributed by atoms with van der Waals surface area (Å²) in [5, 5.41) is 9.97. The summed E-state index contributed by atoms with van der Waals surface area (Å²) in [7, 11) is 0. The fourth-order valence-corrected chi connectivity index (χ4v) is 2.89. The Morgan fingerprint density at radius 3 is 2.75 bits per heavy atom. The van der Waals surface area contributed by atoms with Crippen molar-refractivity contribution in [3.05, 3.63) is 17.0 Å². The topological polar surface area (TPSA) is 40.5 Å². The molecule has 1 aromatic heterocycles. The van der Waals surface area contributed by atoms with E-state index in [0.29, 0.717) is 4.88 Å². The van der Waals surface area contributed by atoms with E-state index in [4.69, 9.17) is 5.11 Å². The lowest BCUT2D eigenvalue weighted by atomic mass is 9.85. The summed E-state index contributed by atoms with van der Waals surface area (Å²) in [6.07, 6.45) is 4.01. The zero-order valence-corrected chi connectivity index (χ0v) is 10.3. The summed E-state index contributed by atoms with van der Waals surface area (Å²) in [5.74, 6) is -0.00808. The maximum absolute atomic E-state index is 10.8. The van der Waals surface area contributed by atoms with Gasteiger partial charge in [-0.15, -0.1) is 11.3 Å². The molecular weight excluding hydrogens is 222 g/mol. The van der Waals surface area contributed by atoms with Crippen molar-refractivity contribution in [2.45, 2.75) is 26.2 Å². The summed E-state index contributed by atoms with van der Waals surface area (Å²) in [4.78, 5) is 13.5. The van der Waals surface area contributed by atoms with Crippen LogP contribution in [0.4, 0.5) is 5.00 Å². The number of nitrogens with zero attached hydrogens (tertiary/aromatic N) is 1. The first kappa shape index (κ1) is 11.5. The van der Waals surface area contributed by atoms with E-state index >= 15 is 0 Å². The lowest BCUT2D eigenvalue weighted by Gasteiger charge is -2.32. The van der Waals surface area contributed by atoms with Gasteiger partial charge >= 0.3 is 5.97 Å². The molecule has 1 aromatic rings. The molecule has 0 bridgehead atoms. The van der Waals surface area contributed by atoms with Gasteiger partial charge in [-0.3, -0.25) is 0 Å². The molecule has 4 heteroatoms. The zero-order chi connectivity index (χ0) is 11.5. The Hall–Kier alpha value is -1.03. The van der Waals surface area contributed by atoms with Gasteiger partial charge in [-0.25, -0.2) is 4.79 Å². The summed E-state index contributed by atoms with van der Waals surface area (Å²) < 4.78 is 0. The molecule has 3 nitrogen and oxygen atoms in total. The van der Waals surface area contributed by atoms with Crippen LogP contribution in [0.1, 0.15) is 35.9 Å². The Kier molecular flexibility index (Phi) is 3.49. The van der Waals surface area contributed by atoms with E-state index in [2.05, 4.69) is 11.8 Å². The van der Waals surface area contributed by atoms with Crippen molar-refractivity contribution >= 4 is 22.3 Å². The molecule has 1 aliphatic carbocycles. The first-order valence-corrected chi connectivity index (χ1v) is 6.60. The van der Waals surface area contributed by atoms with Crippen molar-refractivity contribution in [1.29, 1.82) is 0 Å². The largest absolute Gasteiger partial charge is 0.477 e. The van der Waals surface area contributed by atoms with E-state index in [1.54, 1.807) is 6.07 Å². The Labute approximate surface area is 99.7 Å².